The van der Waals surface area contributed by atoms with E-state index in [1.54, 1.807) is 7.11 Å². The molecule has 0 aromatic heterocycles. The number of hydrogen-bond acceptors (Lipinski definition) is 6. The Balaban J connectivity index is 1.47. The first-order valence-electron chi connectivity index (χ1n) is 9.73. The second-order valence-electron chi connectivity index (χ2n) is 7.46. The van der Waals surface area contributed by atoms with Gasteiger partial charge >= 0.3 is 0 Å². The quantitative estimate of drug-likeness (QED) is 0.791. The van der Waals surface area contributed by atoms with Crippen LogP contribution in [0.3, 0.4) is 0 Å². The van der Waals surface area contributed by atoms with Gasteiger partial charge in [0, 0.05) is 25.8 Å². The molecule has 3 aliphatic rings. The van der Waals surface area contributed by atoms with E-state index in [1.807, 2.05) is 6.07 Å². The number of rotatable bonds is 6. The summed E-state index contributed by atoms with van der Waals surface area (Å²) in [4.78, 5) is 7.15. The fraction of sp³-hybridized carbons (Fsp3) is 0.650. The number of benzene rings is 1. The molecular formula is C20H29N3O3. The molecule has 142 valence electrons. The number of ether oxygens (including phenoxy) is 3. The van der Waals surface area contributed by atoms with E-state index < -0.39 is 0 Å². The highest BCUT2D eigenvalue weighted by atomic mass is 16.5. The number of methoxy groups -OCH3 is 1. The summed E-state index contributed by atoms with van der Waals surface area (Å²) in [6, 6.07) is 4.06. The van der Waals surface area contributed by atoms with E-state index in [1.165, 1.54) is 25.9 Å². The lowest BCUT2D eigenvalue weighted by atomic mass is 9.74. The van der Waals surface area contributed by atoms with E-state index in [9.17, 15) is 0 Å². The number of likely N-dealkylation sites (tertiary alicyclic amines) is 1. The summed E-state index contributed by atoms with van der Waals surface area (Å²) in [7, 11) is 1.69. The summed E-state index contributed by atoms with van der Waals surface area (Å²) in [5.74, 6) is 2.22. The van der Waals surface area contributed by atoms with Crippen LogP contribution in [0.1, 0.15) is 37.7 Å². The third-order valence-electron chi connectivity index (χ3n) is 5.95. The molecule has 0 unspecified atom stereocenters. The molecule has 6 nitrogen and oxygen atoms in total. The fourth-order valence-electron chi connectivity index (χ4n) is 4.39. The van der Waals surface area contributed by atoms with Crippen LogP contribution < -0.4 is 15.2 Å². The first kappa shape index (κ1) is 17.6. The Hall–Kier alpha value is -1.79. The van der Waals surface area contributed by atoms with Crippen LogP contribution in [0, 0.1) is 0 Å². The maximum absolute atomic E-state index is 6.34. The number of aliphatic imine (C=N–C) groups is 1. The van der Waals surface area contributed by atoms with Gasteiger partial charge in [-0.1, -0.05) is 0 Å². The molecule has 1 aromatic carbocycles. The normalized spacial score (nSPS) is 21.7. The van der Waals surface area contributed by atoms with Crippen molar-refractivity contribution in [1.82, 2.24) is 4.90 Å². The molecule has 0 amide bonds. The molecule has 0 bridgehead atoms. The minimum absolute atomic E-state index is 0.199. The molecule has 2 saturated heterocycles. The van der Waals surface area contributed by atoms with Gasteiger partial charge in [-0.2, -0.15) is 0 Å². The highest BCUT2D eigenvalue weighted by molar-refractivity contribution is 5.99. The lowest BCUT2D eigenvalue weighted by molar-refractivity contribution is 0.0714. The van der Waals surface area contributed by atoms with Crippen molar-refractivity contribution in [1.29, 1.82) is 0 Å². The summed E-state index contributed by atoms with van der Waals surface area (Å²) in [6.45, 7) is 5.66. The van der Waals surface area contributed by atoms with Crippen LogP contribution >= 0.6 is 0 Å². The smallest absolute Gasteiger partial charge is 0.163 e. The van der Waals surface area contributed by atoms with Crippen molar-refractivity contribution in [3.05, 3.63) is 17.7 Å². The highest BCUT2D eigenvalue weighted by Crippen LogP contribution is 2.49. The van der Waals surface area contributed by atoms with Crippen molar-refractivity contribution >= 4 is 11.5 Å². The Morgan fingerprint density at radius 1 is 1.19 bits per heavy atom. The van der Waals surface area contributed by atoms with Gasteiger partial charge in [-0.3, -0.25) is 0 Å². The monoisotopic (exact) mass is 359 g/mol. The Labute approximate surface area is 155 Å². The van der Waals surface area contributed by atoms with Crippen LogP contribution in [-0.2, 0) is 10.2 Å². The predicted molar refractivity (Wildman–Crippen MR) is 102 cm³/mol. The second-order valence-corrected chi connectivity index (χ2v) is 7.46. The van der Waals surface area contributed by atoms with Crippen molar-refractivity contribution in [2.75, 3.05) is 46.6 Å². The highest BCUT2D eigenvalue weighted by Gasteiger charge is 2.44. The molecule has 1 spiro atoms. The number of nitrogens with two attached hydrogens (primary N) is 1. The van der Waals surface area contributed by atoms with Gasteiger partial charge in [-0.25, -0.2) is 4.99 Å². The molecular weight excluding hydrogens is 330 g/mol. The zero-order valence-corrected chi connectivity index (χ0v) is 15.6. The van der Waals surface area contributed by atoms with Crippen LogP contribution in [0.25, 0.3) is 0 Å². The Bertz CT molecular complexity index is 677. The summed E-state index contributed by atoms with van der Waals surface area (Å²) < 4.78 is 17.2. The topological polar surface area (TPSA) is 69.3 Å². The summed E-state index contributed by atoms with van der Waals surface area (Å²) in [5.41, 5.74) is 8.20. The maximum atomic E-state index is 6.34. The molecule has 6 heteroatoms. The summed E-state index contributed by atoms with van der Waals surface area (Å²) in [6.07, 6.45) is 5.41. The molecule has 3 aliphatic heterocycles. The van der Waals surface area contributed by atoms with Crippen molar-refractivity contribution in [3.8, 4) is 11.5 Å². The van der Waals surface area contributed by atoms with E-state index in [-0.39, 0.29) is 5.41 Å². The third kappa shape index (κ3) is 3.16. The minimum atomic E-state index is -0.199. The van der Waals surface area contributed by atoms with E-state index in [0.717, 1.165) is 48.6 Å². The van der Waals surface area contributed by atoms with Crippen LogP contribution in [0.15, 0.2) is 17.1 Å². The van der Waals surface area contributed by atoms with Gasteiger partial charge in [0.15, 0.2) is 11.5 Å². The lowest BCUT2D eigenvalue weighted by Crippen LogP contribution is -2.43. The number of fused-ring (bicyclic) bond motifs is 2. The van der Waals surface area contributed by atoms with E-state index in [2.05, 4.69) is 16.0 Å². The average Bonchev–Trinajstić information content (AvgIpc) is 3.27. The van der Waals surface area contributed by atoms with Crippen LogP contribution in [0.2, 0.25) is 0 Å². The first-order valence-corrected chi connectivity index (χ1v) is 9.73. The van der Waals surface area contributed by atoms with Crippen LogP contribution in [-0.4, -0.2) is 57.3 Å². The Kier molecular flexibility index (Phi) is 5.05. The van der Waals surface area contributed by atoms with Gasteiger partial charge in [0.05, 0.1) is 24.8 Å². The van der Waals surface area contributed by atoms with E-state index >= 15 is 0 Å². The van der Waals surface area contributed by atoms with Crippen LogP contribution in [0.5, 0.6) is 11.5 Å². The molecule has 4 rings (SSSR count). The standard InChI is InChI=1S/C20H29N3O3/c1-24-17-13-15-16(22-19(21)20(15)5-11-25-12-6-20)14-18(17)26-10-4-9-23-7-2-3-8-23/h13-14H,2-12H2,1H3,(H2,21,22). The molecule has 0 atom stereocenters. The zero-order chi connectivity index (χ0) is 18.0. The second kappa shape index (κ2) is 7.45. The molecule has 0 saturated carbocycles. The van der Waals surface area contributed by atoms with Crippen molar-refractivity contribution in [3.63, 3.8) is 0 Å². The summed E-state index contributed by atoms with van der Waals surface area (Å²) in [5, 5.41) is 0. The van der Waals surface area contributed by atoms with Gasteiger partial charge in [0.2, 0.25) is 0 Å². The van der Waals surface area contributed by atoms with Crippen molar-refractivity contribution in [2.24, 2.45) is 10.7 Å². The van der Waals surface area contributed by atoms with E-state index in [0.29, 0.717) is 25.7 Å². The Morgan fingerprint density at radius 2 is 1.96 bits per heavy atom. The molecule has 0 radical (unpaired) electrons. The largest absolute Gasteiger partial charge is 0.493 e. The van der Waals surface area contributed by atoms with Crippen molar-refractivity contribution in [2.45, 2.75) is 37.5 Å². The number of nitrogens with zero attached hydrogens (tertiary/aromatic N) is 2. The molecule has 2 fully saturated rings. The molecule has 26 heavy (non-hydrogen) atoms. The summed E-state index contributed by atoms with van der Waals surface area (Å²) >= 11 is 0. The maximum Gasteiger partial charge on any atom is 0.163 e. The third-order valence-corrected chi connectivity index (χ3v) is 5.95. The van der Waals surface area contributed by atoms with Crippen molar-refractivity contribution < 1.29 is 14.2 Å². The molecule has 0 aliphatic carbocycles. The first-order chi connectivity index (χ1) is 12.7. The molecule has 2 N–H and O–H groups in total. The number of amidine groups is 1. The minimum Gasteiger partial charge on any atom is -0.493 e. The van der Waals surface area contributed by atoms with Gasteiger partial charge in [-0.05, 0) is 56.8 Å². The SMILES string of the molecule is COc1cc2c(cc1OCCCN1CCCC1)N=C(N)C21CCOCC1. The van der Waals surface area contributed by atoms with Gasteiger partial charge < -0.3 is 24.8 Å². The Morgan fingerprint density at radius 3 is 2.69 bits per heavy atom. The molecule has 3 heterocycles. The van der Waals surface area contributed by atoms with Gasteiger partial charge in [-0.15, -0.1) is 0 Å². The number of hydrogen-bond donors (Lipinski definition) is 1. The fourth-order valence-corrected chi connectivity index (χ4v) is 4.39. The van der Waals surface area contributed by atoms with Gasteiger partial charge in [0.25, 0.3) is 0 Å². The predicted octanol–water partition coefficient (Wildman–Crippen LogP) is 2.61. The van der Waals surface area contributed by atoms with Gasteiger partial charge in [0.1, 0.15) is 5.84 Å². The lowest BCUT2D eigenvalue weighted by Gasteiger charge is -2.34. The molecule has 1 aromatic rings. The zero-order valence-electron chi connectivity index (χ0n) is 15.6. The van der Waals surface area contributed by atoms with Crippen LogP contribution in [0.4, 0.5) is 5.69 Å². The van der Waals surface area contributed by atoms with E-state index in [4.69, 9.17) is 19.9 Å². The average molecular weight is 359 g/mol.